The molecule has 1 aliphatic heterocycles. The lowest BCUT2D eigenvalue weighted by molar-refractivity contribution is -0.137. The molecule has 0 unspecified atom stereocenters. The number of likely N-dealkylation sites (tertiary alicyclic amines) is 1. The second-order valence-electron chi connectivity index (χ2n) is 6.28. The first kappa shape index (κ1) is 16.9. The molecule has 1 saturated heterocycles. The van der Waals surface area contributed by atoms with E-state index in [1.807, 2.05) is 12.1 Å². The van der Waals surface area contributed by atoms with Crippen molar-refractivity contribution in [3.8, 4) is 0 Å². The van der Waals surface area contributed by atoms with Crippen LogP contribution in [0, 0.1) is 0 Å². The Hall–Kier alpha value is -1.99. The Labute approximate surface area is 144 Å². The second-order valence-corrected chi connectivity index (χ2v) is 7.19. The Morgan fingerprint density at radius 3 is 3.00 bits per heavy atom. The second kappa shape index (κ2) is 7.27. The van der Waals surface area contributed by atoms with Gasteiger partial charge in [-0.15, -0.1) is 11.3 Å². The first-order valence-corrected chi connectivity index (χ1v) is 8.95. The van der Waals surface area contributed by atoms with Gasteiger partial charge in [-0.2, -0.15) is 5.10 Å². The van der Waals surface area contributed by atoms with Gasteiger partial charge < -0.3 is 5.11 Å². The number of ketones is 1. The average Bonchev–Trinajstić information content (AvgIpc) is 3.16. The summed E-state index contributed by atoms with van der Waals surface area (Å²) < 4.78 is 1.48. The van der Waals surface area contributed by atoms with E-state index in [0.29, 0.717) is 5.92 Å². The van der Waals surface area contributed by atoms with Gasteiger partial charge in [0.1, 0.15) is 6.54 Å². The number of hydrogen-bond acceptors (Lipinski definition) is 5. The lowest BCUT2D eigenvalue weighted by Crippen LogP contribution is -2.34. The molecule has 128 valence electrons. The van der Waals surface area contributed by atoms with E-state index in [2.05, 4.69) is 15.4 Å². The van der Waals surface area contributed by atoms with Gasteiger partial charge in [-0.05, 0) is 49.4 Å². The Morgan fingerprint density at radius 1 is 1.46 bits per heavy atom. The maximum atomic E-state index is 11.4. The number of aliphatic carboxylic acids is 1. The number of carbonyl (C=O) groups excluding carboxylic acids is 1. The molecule has 1 N–H and O–H groups in total. The molecule has 1 aliphatic rings. The molecule has 0 aliphatic carbocycles. The van der Waals surface area contributed by atoms with Crippen molar-refractivity contribution in [3.05, 3.63) is 39.8 Å². The van der Waals surface area contributed by atoms with E-state index < -0.39 is 5.97 Å². The molecular formula is C17H21N3O3S. The van der Waals surface area contributed by atoms with Gasteiger partial charge >= 0.3 is 5.97 Å². The molecular weight excluding hydrogens is 326 g/mol. The average molecular weight is 347 g/mol. The largest absolute Gasteiger partial charge is 0.480 e. The van der Waals surface area contributed by atoms with Crippen molar-refractivity contribution in [3.63, 3.8) is 0 Å². The molecule has 1 atom stereocenters. The third-order valence-electron chi connectivity index (χ3n) is 4.29. The molecule has 0 radical (unpaired) electrons. The molecule has 2 aromatic rings. The normalized spacial score (nSPS) is 18.6. The standard InChI is InChI=1S/C17H21N3O3S/c1-12(21)16-7-13(11-24-16)8-19-5-2-3-14(9-19)15-4-6-20(18-15)10-17(22)23/h4,6-7,11,14H,2-3,5,8-10H2,1H3,(H,22,23)/t14-/m1/s1. The fourth-order valence-corrected chi connectivity index (χ4v) is 3.97. The fraction of sp³-hybridized carbons (Fsp3) is 0.471. The lowest BCUT2D eigenvalue weighted by atomic mass is 9.95. The van der Waals surface area contributed by atoms with Gasteiger partial charge in [0.05, 0.1) is 10.6 Å². The minimum Gasteiger partial charge on any atom is -0.480 e. The molecule has 0 amide bonds. The van der Waals surface area contributed by atoms with Crippen molar-refractivity contribution in [2.45, 2.75) is 38.8 Å². The molecule has 0 bridgehead atoms. The van der Waals surface area contributed by atoms with E-state index in [4.69, 9.17) is 5.11 Å². The molecule has 0 spiro atoms. The maximum Gasteiger partial charge on any atom is 0.325 e. The Bertz CT molecular complexity index is 737. The lowest BCUT2D eigenvalue weighted by Gasteiger charge is -2.31. The number of Topliss-reactive ketones (excluding diaryl/α,β-unsaturated/α-hetero) is 1. The highest BCUT2D eigenvalue weighted by molar-refractivity contribution is 7.12. The number of carbonyl (C=O) groups is 2. The summed E-state index contributed by atoms with van der Waals surface area (Å²) in [5.74, 6) is -0.430. The maximum absolute atomic E-state index is 11.4. The molecule has 0 aromatic carbocycles. The Morgan fingerprint density at radius 2 is 2.29 bits per heavy atom. The molecule has 1 fully saturated rings. The molecule has 2 aromatic heterocycles. The zero-order valence-corrected chi connectivity index (χ0v) is 14.5. The van der Waals surface area contributed by atoms with Crippen LogP contribution in [0.2, 0.25) is 0 Å². The van der Waals surface area contributed by atoms with Gasteiger partial charge in [0.25, 0.3) is 0 Å². The monoisotopic (exact) mass is 347 g/mol. The van der Waals surface area contributed by atoms with Crippen LogP contribution in [0.25, 0.3) is 0 Å². The summed E-state index contributed by atoms with van der Waals surface area (Å²) in [4.78, 5) is 25.4. The first-order chi connectivity index (χ1) is 11.5. The summed E-state index contributed by atoms with van der Waals surface area (Å²) in [7, 11) is 0. The summed E-state index contributed by atoms with van der Waals surface area (Å²) >= 11 is 1.50. The Kier molecular flexibility index (Phi) is 5.11. The summed E-state index contributed by atoms with van der Waals surface area (Å²) in [5, 5.41) is 15.3. The molecule has 24 heavy (non-hydrogen) atoms. The number of aromatic nitrogens is 2. The third kappa shape index (κ3) is 4.10. The van der Waals surface area contributed by atoms with Crippen LogP contribution in [-0.4, -0.2) is 44.6 Å². The molecule has 7 heteroatoms. The van der Waals surface area contributed by atoms with Crippen molar-refractivity contribution in [2.75, 3.05) is 13.1 Å². The van der Waals surface area contributed by atoms with E-state index in [0.717, 1.165) is 43.0 Å². The van der Waals surface area contributed by atoms with Crippen LogP contribution >= 0.6 is 11.3 Å². The van der Waals surface area contributed by atoms with Gasteiger partial charge in [0, 0.05) is 25.2 Å². The van der Waals surface area contributed by atoms with Crippen molar-refractivity contribution >= 4 is 23.1 Å². The number of piperidine rings is 1. The van der Waals surface area contributed by atoms with Gasteiger partial charge in [-0.1, -0.05) is 0 Å². The Balaban J connectivity index is 1.62. The molecule has 0 saturated carbocycles. The summed E-state index contributed by atoms with van der Waals surface area (Å²) in [6.45, 7) is 4.29. The topological polar surface area (TPSA) is 75.4 Å². The van der Waals surface area contributed by atoms with Gasteiger partial charge in [-0.25, -0.2) is 0 Å². The van der Waals surface area contributed by atoms with Crippen LogP contribution in [0.4, 0.5) is 0 Å². The van der Waals surface area contributed by atoms with E-state index in [9.17, 15) is 9.59 Å². The number of thiophene rings is 1. The van der Waals surface area contributed by atoms with Gasteiger partial charge in [0.15, 0.2) is 5.78 Å². The predicted octanol–water partition coefficient (Wildman–Crippen LogP) is 2.61. The van der Waals surface area contributed by atoms with Gasteiger partial charge in [0.2, 0.25) is 0 Å². The highest BCUT2D eigenvalue weighted by atomic mass is 32.1. The molecule has 3 rings (SSSR count). The number of hydrogen-bond donors (Lipinski definition) is 1. The van der Waals surface area contributed by atoms with Crippen LogP contribution in [0.5, 0.6) is 0 Å². The fourth-order valence-electron chi connectivity index (χ4n) is 3.16. The van der Waals surface area contributed by atoms with Gasteiger partial charge in [-0.3, -0.25) is 19.2 Å². The first-order valence-electron chi connectivity index (χ1n) is 8.07. The minimum absolute atomic E-state index is 0.0981. The van der Waals surface area contributed by atoms with E-state index in [-0.39, 0.29) is 12.3 Å². The minimum atomic E-state index is -0.881. The van der Waals surface area contributed by atoms with Crippen molar-refractivity contribution in [2.24, 2.45) is 0 Å². The smallest absolute Gasteiger partial charge is 0.325 e. The SMILES string of the molecule is CC(=O)c1cc(CN2CCC[C@@H](c3ccn(CC(=O)O)n3)C2)cs1. The van der Waals surface area contributed by atoms with Crippen LogP contribution in [-0.2, 0) is 17.9 Å². The zero-order chi connectivity index (χ0) is 17.1. The zero-order valence-electron chi connectivity index (χ0n) is 13.6. The third-order valence-corrected chi connectivity index (χ3v) is 5.37. The number of rotatable bonds is 6. The number of nitrogens with zero attached hydrogens (tertiary/aromatic N) is 3. The number of carboxylic acid groups (broad SMARTS) is 1. The predicted molar refractivity (Wildman–Crippen MR) is 91.4 cm³/mol. The summed E-state index contributed by atoms with van der Waals surface area (Å²) in [6.07, 6.45) is 3.91. The van der Waals surface area contributed by atoms with Crippen LogP contribution in [0.3, 0.4) is 0 Å². The summed E-state index contributed by atoms with van der Waals surface area (Å²) in [5.41, 5.74) is 2.15. The molecule has 6 nitrogen and oxygen atoms in total. The van der Waals surface area contributed by atoms with Crippen molar-refractivity contribution in [1.29, 1.82) is 0 Å². The van der Waals surface area contributed by atoms with E-state index in [1.165, 1.54) is 21.6 Å². The van der Waals surface area contributed by atoms with Crippen LogP contribution < -0.4 is 0 Å². The number of carboxylic acids is 1. The van der Waals surface area contributed by atoms with Crippen LogP contribution in [0.1, 0.15) is 46.6 Å². The van der Waals surface area contributed by atoms with E-state index >= 15 is 0 Å². The quantitative estimate of drug-likeness (QED) is 0.813. The highest BCUT2D eigenvalue weighted by Crippen LogP contribution is 2.27. The van der Waals surface area contributed by atoms with Crippen LogP contribution in [0.15, 0.2) is 23.7 Å². The highest BCUT2D eigenvalue weighted by Gasteiger charge is 2.23. The molecule has 3 heterocycles. The van der Waals surface area contributed by atoms with E-state index in [1.54, 1.807) is 13.1 Å². The van der Waals surface area contributed by atoms with Crippen molar-refractivity contribution < 1.29 is 14.7 Å². The van der Waals surface area contributed by atoms with Crippen molar-refractivity contribution in [1.82, 2.24) is 14.7 Å². The summed E-state index contributed by atoms with van der Waals surface area (Å²) in [6, 6.07) is 3.91.